The number of rotatable bonds is 15. The molecule has 3 aromatic carbocycles. The Morgan fingerprint density at radius 3 is 1.42 bits per heavy atom. The van der Waals surface area contributed by atoms with Gasteiger partial charge in [-0.3, -0.25) is 0 Å². The minimum atomic E-state index is -1.96. The Morgan fingerprint density at radius 2 is 0.944 bits per heavy atom. The van der Waals surface area contributed by atoms with Crippen LogP contribution in [0.4, 0.5) is 0 Å². The molecule has 3 aromatic rings. The van der Waals surface area contributed by atoms with E-state index in [2.05, 4.69) is 110 Å². The quantitative estimate of drug-likeness (QED) is 0.161. The molecule has 0 heterocycles. The lowest BCUT2D eigenvalue weighted by molar-refractivity contribution is 0.721. The van der Waals surface area contributed by atoms with Crippen LogP contribution in [0, 0.1) is 0 Å². The molecule has 0 radical (unpaired) electrons. The Hall–Kier alpha value is -1.43. The first-order valence-electron chi connectivity index (χ1n) is 14.5. The van der Waals surface area contributed by atoms with Gasteiger partial charge >= 0.3 is 0 Å². The smallest absolute Gasteiger partial charge is 0.0654 e. The van der Waals surface area contributed by atoms with Crippen LogP contribution in [0.2, 0.25) is 0 Å². The molecule has 0 nitrogen and oxygen atoms in total. The van der Waals surface area contributed by atoms with Crippen LogP contribution in [-0.4, -0.2) is 0 Å². The lowest BCUT2D eigenvalue weighted by Crippen LogP contribution is -2.31. The SMILES string of the molecule is CCCCc1cc([P+](Br)(c2ccccc2)c2ccccc2)c(CCCC)c(CCCC)c1CCCC. The van der Waals surface area contributed by atoms with Gasteiger partial charge in [0.25, 0.3) is 0 Å². The summed E-state index contributed by atoms with van der Waals surface area (Å²) in [6.45, 7) is 9.35. The molecule has 0 saturated carbocycles. The molecule has 0 fully saturated rings. The molecule has 0 unspecified atom stereocenters. The Balaban J connectivity index is 2.39. The highest BCUT2D eigenvalue weighted by atomic mass is 79.9. The summed E-state index contributed by atoms with van der Waals surface area (Å²) in [5.74, 6) is -1.96. The molecule has 0 bridgehead atoms. The molecule has 3 rings (SSSR count). The van der Waals surface area contributed by atoms with E-state index >= 15 is 0 Å². The van der Waals surface area contributed by atoms with Gasteiger partial charge in [0.05, 0.1) is 0 Å². The minimum Gasteiger partial charge on any atom is -0.0654 e. The van der Waals surface area contributed by atoms with Crippen molar-refractivity contribution >= 4 is 37.4 Å². The summed E-state index contributed by atoms with van der Waals surface area (Å²) in [6, 6.07) is 25.2. The van der Waals surface area contributed by atoms with Crippen molar-refractivity contribution in [3.63, 3.8) is 0 Å². The summed E-state index contributed by atoms with van der Waals surface area (Å²) < 4.78 is 0. The van der Waals surface area contributed by atoms with Crippen LogP contribution >= 0.6 is 21.5 Å². The number of benzene rings is 3. The molecule has 0 aromatic heterocycles. The van der Waals surface area contributed by atoms with Crippen LogP contribution < -0.4 is 15.9 Å². The zero-order valence-electron chi connectivity index (χ0n) is 23.2. The van der Waals surface area contributed by atoms with Crippen LogP contribution in [0.3, 0.4) is 0 Å². The standard InChI is InChI=1S/C34H47BrP/c1-5-9-19-28-27-34(33(26-12-8-4)32(25-11-7-3)31(28)24-10-6-2)36(35,29-20-15-13-16-21-29)30-22-17-14-18-23-30/h13-18,20-23,27H,5-12,19,24-26H2,1-4H3/q+1. The van der Waals surface area contributed by atoms with E-state index < -0.39 is 5.96 Å². The Kier molecular flexibility index (Phi) is 12.2. The van der Waals surface area contributed by atoms with Gasteiger partial charge in [-0.2, -0.15) is 0 Å². The maximum atomic E-state index is 4.55. The first-order chi connectivity index (χ1) is 17.6. The van der Waals surface area contributed by atoms with Gasteiger partial charge in [0.1, 0.15) is 15.9 Å². The Bertz CT molecular complexity index is 1000. The molecule has 36 heavy (non-hydrogen) atoms. The van der Waals surface area contributed by atoms with Gasteiger partial charge in [-0.25, -0.2) is 0 Å². The van der Waals surface area contributed by atoms with Crippen LogP contribution in [-0.2, 0) is 25.7 Å². The predicted molar refractivity (Wildman–Crippen MR) is 169 cm³/mol. The molecule has 0 atom stereocenters. The number of hydrogen-bond donors (Lipinski definition) is 0. The maximum absolute atomic E-state index is 4.55. The first-order valence-corrected chi connectivity index (χ1v) is 18.3. The van der Waals surface area contributed by atoms with E-state index in [4.69, 9.17) is 0 Å². The fraction of sp³-hybridized carbons (Fsp3) is 0.471. The maximum Gasteiger partial charge on any atom is 0.181 e. The van der Waals surface area contributed by atoms with E-state index in [1.54, 1.807) is 27.6 Å². The molecular weight excluding hydrogens is 519 g/mol. The van der Waals surface area contributed by atoms with Gasteiger partial charge in [0.2, 0.25) is 0 Å². The average Bonchev–Trinajstić information content (AvgIpc) is 2.93. The second kappa shape index (κ2) is 15.1. The number of unbranched alkanes of at least 4 members (excludes halogenated alkanes) is 4. The molecule has 0 aliphatic carbocycles. The summed E-state index contributed by atoms with van der Waals surface area (Å²) in [5.41, 5.74) is 6.70. The summed E-state index contributed by atoms with van der Waals surface area (Å²) in [6.07, 6.45) is 14.9. The van der Waals surface area contributed by atoms with Crippen molar-refractivity contribution < 1.29 is 0 Å². The molecular formula is C34H47BrP+. The second-order valence-electron chi connectivity index (χ2n) is 10.2. The second-order valence-corrected chi connectivity index (χ2v) is 16.0. The summed E-state index contributed by atoms with van der Waals surface area (Å²) in [5, 5.41) is 4.45. The van der Waals surface area contributed by atoms with E-state index in [0.29, 0.717) is 0 Å². The van der Waals surface area contributed by atoms with Gasteiger partial charge in [0.15, 0.2) is 21.5 Å². The molecule has 0 aliphatic rings. The normalized spacial score (nSPS) is 11.7. The van der Waals surface area contributed by atoms with Gasteiger partial charge in [-0.1, -0.05) is 89.8 Å². The third kappa shape index (κ3) is 6.90. The molecule has 0 amide bonds. The van der Waals surface area contributed by atoms with E-state index in [1.807, 2.05) is 0 Å². The van der Waals surface area contributed by atoms with Crippen molar-refractivity contribution in [2.24, 2.45) is 0 Å². The van der Waals surface area contributed by atoms with Crippen molar-refractivity contribution in [3.05, 3.63) is 89.0 Å². The molecule has 0 N–H and O–H groups in total. The van der Waals surface area contributed by atoms with Crippen molar-refractivity contribution in [3.8, 4) is 0 Å². The molecule has 2 heteroatoms. The van der Waals surface area contributed by atoms with Gasteiger partial charge in [0, 0.05) is 0 Å². The lowest BCUT2D eigenvalue weighted by atomic mass is 9.86. The van der Waals surface area contributed by atoms with E-state index in [-0.39, 0.29) is 0 Å². The van der Waals surface area contributed by atoms with Crippen LogP contribution in [0.5, 0.6) is 0 Å². The fourth-order valence-corrected chi connectivity index (χ4v) is 10.7. The van der Waals surface area contributed by atoms with Crippen molar-refractivity contribution in [1.29, 1.82) is 0 Å². The number of halogens is 1. The third-order valence-electron chi connectivity index (χ3n) is 7.43. The van der Waals surface area contributed by atoms with Gasteiger partial charge in [-0.15, -0.1) is 0 Å². The topological polar surface area (TPSA) is 0 Å². The van der Waals surface area contributed by atoms with E-state index in [0.717, 1.165) is 0 Å². The fourth-order valence-electron chi connectivity index (χ4n) is 5.38. The minimum absolute atomic E-state index is 1.19. The van der Waals surface area contributed by atoms with Crippen molar-refractivity contribution in [2.75, 3.05) is 0 Å². The zero-order chi connectivity index (χ0) is 25.8. The average molecular weight is 567 g/mol. The van der Waals surface area contributed by atoms with Crippen molar-refractivity contribution in [2.45, 2.75) is 105 Å². The third-order valence-corrected chi connectivity index (χ3v) is 14.1. The zero-order valence-corrected chi connectivity index (χ0v) is 25.6. The van der Waals surface area contributed by atoms with Crippen LogP contribution in [0.15, 0.2) is 66.7 Å². The highest BCUT2D eigenvalue weighted by molar-refractivity contribution is 9.44. The summed E-state index contributed by atoms with van der Waals surface area (Å²) >= 11 is 4.55. The van der Waals surface area contributed by atoms with Crippen molar-refractivity contribution in [1.82, 2.24) is 0 Å². The first kappa shape index (κ1) is 29.1. The monoisotopic (exact) mass is 565 g/mol. The Morgan fingerprint density at radius 1 is 0.528 bits per heavy atom. The lowest BCUT2D eigenvalue weighted by Gasteiger charge is -2.28. The van der Waals surface area contributed by atoms with Crippen LogP contribution in [0.1, 0.15) is 101 Å². The van der Waals surface area contributed by atoms with Crippen LogP contribution in [0.25, 0.3) is 0 Å². The number of hydrogen-bond acceptors (Lipinski definition) is 0. The summed E-state index contributed by atoms with van der Waals surface area (Å²) in [4.78, 5) is 0. The predicted octanol–water partition coefficient (Wildman–Crippen LogP) is 9.66. The highest BCUT2D eigenvalue weighted by Crippen LogP contribution is 2.63. The van der Waals surface area contributed by atoms with Gasteiger partial charge < -0.3 is 0 Å². The highest BCUT2D eigenvalue weighted by Gasteiger charge is 2.46. The molecule has 0 saturated heterocycles. The van der Waals surface area contributed by atoms with E-state index in [1.165, 1.54) is 87.7 Å². The van der Waals surface area contributed by atoms with Gasteiger partial charge in [-0.05, 0) is 104 Å². The summed E-state index contributed by atoms with van der Waals surface area (Å²) in [7, 11) is 0. The van der Waals surface area contributed by atoms with E-state index in [9.17, 15) is 0 Å². The number of aryl methyl sites for hydroxylation is 1. The molecule has 0 spiro atoms. The molecule has 194 valence electrons. The Labute approximate surface area is 230 Å². The molecule has 0 aliphatic heterocycles. The largest absolute Gasteiger partial charge is 0.181 e.